The fraction of sp³-hybridized carbons (Fsp3) is 0.0667. The number of hydrogen-bond acceptors (Lipinski definition) is 3. The number of nitrogens with zero attached hydrogens (tertiary/aromatic N) is 3. The highest BCUT2D eigenvalue weighted by molar-refractivity contribution is 5.89. The second-order valence-electron chi connectivity index (χ2n) is 4.37. The van der Waals surface area contributed by atoms with E-state index in [1.807, 2.05) is 53.2 Å². The van der Waals surface area contributed by atoms with Gasteiger partial charge in [-0.2, -0.15) is 10.4 Å². The van der Waals surface area contributed by atoms with Crippen LogP contribution in [0.4, 0.5) is 5.82 Å². The fourth-order valence-corrected chi connectivity index (χ4v) is 2.13. The van der Waals surface area contributed by atoms with Crippen molar-refractivity contribution < 1.29 is 0 Å². The Hall–Kier alpha value is -2.80. The molecule has 1 aromatic heterocycles. The molecule has 0 saturated heterocycles. The van der Waals surface area contributed by atoms with E-state index in [4.69, 9.17) is 11.0 Å². The van der Waals surface area contributed by atoms with Crippen LogP contribution in [0.15, 0.2) is 48.5 Å². The van der Waals surface area contributed by atoms with Crippen molar-refractivity contribution >= 4 is 16.7 Å². The number of fused-ring (bicyclic) bond motifs is 1. The molecule has 2 N–H and O–H groups in total. The monoisotopic (exact) mass is 248 g/mol. The maximum atomic E-state index is 8.78. The van der Waals surface area contributed by atoms with E-state index in [0.717, 1.165) is 16.5 Å². The number of benzene rings is 2. The molecule has 0 radical (unpaired) electrons. The van der Waals surface area contributed by atoms with Crippen LogP contribution in [0, 0.1) is 11.3 Å². The topological polar surface area (TPSA) is 67.6 Å². The van der Waals surface area contributed by atoms with Gasteiger partial charge in [-0.1, -0.05) is 24.3 Å². The van der Waals surface area contributed by atoms with Crippen LogP contribution in [-0.4, -0.2) is 9.78 Å². The van der Waals surface area contributed by atoms with E-state index in [1.54, 1.807) is 0 Å². The summed E-state index contributed by atoms with van der Waals surface area (Å²) in [6.07, 6.45) is 0. The number of hydrogen-bond donors (Lipinski definition) is 1. The maximum absolute atomic E-state index is 8.78. The van der Waals surface area contributed by atoms with Gasteiger partial charge in [0.1, 0.15) is 0 Å². The lowest BCUT2D eigenvalue weighted by molar-refractivity contribution is 0.716. The van der Waals surface area contributed by atoms with Crippen molar-refractivity contribution in [2.45, 2.75) is 6.54 Å². The molecule has 19 heavy (non-hydrogen) atoms. The van der Waals surface area contributed by atoms with E-state index >= 15 is 0 Å². The lowest BCUT2D eigenvalue weighted by Crippen LogP contribution is -2.02. The van der Waals surface area contributed by atoms with E-state index in [9.17, 15) is 0 Å². The molecule has 3 aromatic rings. The van der Waals surface area contributed by atoms with E-state index in [-0.39, 0.29) is 0 Å². The molecule has 0 saturated carbocycles. The van der Waals surface area contributed by atoms with Crippen LogP contribution in [0.5, 0.6) is 0 Å². The second-order valence-corrected chi connectivity index (χ2v) is 4.37. The summed E-state index contributed by atoms with van der Waals surface area (Å²) >= 11 is 0. The first-order valence-corrected chi connectivity index (χ1v) is 5.98. The van der Waals surface area contributed by atoms with Crippen molar-refractivity contribution in [3.63, 3.8) is 0 Å². The van der Waals surface area contributed by atoms with Gasteiger partial charge in [-0.25, -0.2) is 0 Å². The lowest BCUT2D eigenvalue weighted by Gasteiger charge is -2.03. The highest BCUT2D eigenvalue weighted by Crippen LogP contribution is 2.20. The van der Waals surface area contributed by atoms with Gasteiger partial charge in [-0.05, 0) is 29.8 Å². The summed E-state index contributed by atoms with van der Waals surface area (Å²) in [5.41, 5.74) is 8.67. The molecule has 0 aliphatic carbocycles. The van der Waals surface area contributed by atoms with Crippen molar-refractivity contribution in [3.8, 4) is 6.07 Å². The van der Waals surface area contributed by atoms with Crippen LogP contribution in [-0.2, 0) is 6.54 Å². The third-order valence-electron chi connectivity index (χ3n) is 3.10. The van der Waals surface area contributed by atoms with Gasteiger partial charge in [0.25, 0.3) is 0 Å². The van der Waals surface area contributed by atoms with E-state index < -0.39 is 0 Å². The average Bonchev–Trinajstić information content (AvgIpc) is 2.77. The summed E-state index contributed by atoms with van der Waals surface area (Å²) in [5.74, 6) is 0.546. The summed E-state index contributed by atoms with van der Waals surface area (Å²) in [5, 5.41) is 14.1. The molecular weight excluding hydrogens is 236 g/mol. The molecule has 0 unspecified atom stereocenters. The molecule has 0 aliphatic heterocycles. The summed E-state index contributed by atoms with van der Waals surface area (Å²) < 4.78 is 1.88. The highest BCUT2D eigenvalue weighted by Gasteiger charge is 2.07. The van der Waals surface area contributed by atoms with Gasteiger partial charge >= 0.3 is 0 Å². The van der Waals surface area contributed by atoms with Gasteiger partial charge in [-0.3, -0.25) is 4.68 Å². The quantitative estimate of drug-likeness (QED) is 0.757. The minimum atomic E-state index is 0.546. The Kier molecular flexibility index (Phi) is 2.66. The minimum Gasteiger partial charge on any atom is -0.382 e. The van der Waals surface area contributed by atoms with Gasteiger partial charge in [0.15, 0.2) is 5.82 Å². The predicted octanol–water partition coefficient (Wildman–Crippen LogP) is 2.54. The third-order valence-corrected chi connectivity index (χ3v) is 3.10. The Morgan fingerprint density at radius 1 is 1.11 bits per heavy atom. The van der Waals surface area contributed by atoms with Crippen molar-refractivity contribution in [3.05, 3.63) is 59.7 Å². The Balaban J connectivity index is 1.99. The third kappa shape index (κ3) is 2.02. The normalized spacial score (nSPS) is 10.5. The number of nitriles is 1. The molecule has 0 bridgehead atoms. The molecular formula is C15H12N4. The zero-order valence-electron chi connectivity index (χ0n) is 10.2. The summed E-state index contributed by atoms with van der Waals surface area (Å²) in [4.78, 5) is 0. The van der Waals surface area contributed by atoms with Gasteiger partial charge in [0, 0.05) is 5.39 Å². The maximum Gasteiger partial charge on any atom is 0.153 e. The Bertz CT molecular complexity index is 763. The van der Waals surface area contributed by atoms with Gasteiger partial charge < -0.3 is 5.73 Å². The Morgan fingerprint density at radius 3 is 2.58 bits per heavy atom. The molecule has 0 atom stereocenters. The number of nitrogens with two attached hydrogens (primary N) is 1. The molecule has 0 spiro atoms. The minimum absolute atomic E-state index is 0.546. The van der Waals surface area contributed by atoms with E-state index in [1.165, 1.54) is 0 Å². The van der Waals surface area contributed by atoms with Crippen LogP contribution >= 0.6 is 0 Å². The molecule has 2 aromatic carbocycles. The lowest BCUT2D eigenvalue weighted by atomic mass is 10.1. The first-order chi connectivity index (χ1) is 9.28. The average molecular weight is 248 g/mol. The van der Waals surface area contributed by atoms with Crippen molar-refractivity contribution in [2.75, 3.05) is 5.73 Å². The Morgan fingerprint density at radius 2 is 1.84 bits per heavy atom. The smallest absolute Gasteiger partial charge is 0.153 e. The summed E-state index contributed by atoms with van der Waals surface area (Å²) in [7, 11) is 0. The van der Waals surface area contributed by atoms with Crippen molar-refractivity contribution in [1.82, 2.24) is 9.78 Å². The predicted molar refractivity (Wildman–Crippen MR) is 74.4 cm³/mol. The van der Waals surface area contributed by atoms with Crippen LogP contribution in [0.2, 0.25) is 0 Å². The molecule has 0 amide bonds. The first-order valence-electron chi connectivity index (χ1n) is 5.98. The van der Waals surface area contributed by atoms with Crippen LogP contribution in [0.3, 0.4) is 0 Å². The summed E-state index contributed by atoms with van der Waals surface area (Å²) in [6, 6.07) is 17.5. The molecule has 4 nitrogen and oxygen atoms in total. The zero-order valence-corrected chi connectivity index (χ0v) is 10.2. The highest BCUT2D eigenvalue weighted by atomic mass is 15.3. The molecule has 0 aliphatic rings. The van der Waals surface area contributed by atoms with Crippen LogP contribution in [0.1, 0.15) is 11.1 Å². The van der Waals surface area contributed by atoms with Crippen LogP contribution in [0.25, 0.3) is 10.9 Å². The van der Waals surface area contributed by atoms with Crippen molar-refractivity contribution in [2.24, 2.45) is 0 Å². The van der Waals surface area contributed by atoms with Crippen LogP contribution < -0.4 is 5.73 Å². The van der Waals surface area contributed by atoms with Gasteiger partial charge in [0.05, 0.1) is 23.7 Å². The fourth-order valence-electron chi connectivity index (χ4n) is 2.13. The van der Waals surface area contributed by atoms with E-state index in [0.29, 0.717) is 17.9 Å². The van der Waals surface area contributed by atoms with E-state index in [2.05, 4.69) is 11.2 Å². The number of rotatable bonds is 2. The second kappa shape index (κ2) is 4.46. The SMILES string of the molecule is N#Cc1ccc(Cn2nc(N)c3ccccc32)cc1. The molecule has 92 valence electrons. The molecule has 1 heterocycles. The standard InChI is InChI=1S/C15H12N4/c16-9-11-5-7-12(8-6-11)10-19-14-4-2-1-3-13(14)15(17)18-19/h1-8H,10H2,(H2,17,18). The number of nitrogen functional groups attached to an aromatic ring is 1. The van der Waals surface area contributed by atoms with Gasteiger partial charge in [-0.15, -0.1) is 0 Å². The Labute approximate surface area is 110 Å². The molecule has 4 heteroatoms. The van der Waals surface area contributed by atoms with Gasteiger partial charge in [0.2, 0.25) is 0 Å². The number of aromatic nitrogens is 2. The zero-order chi connectivity index (χ0) is 13.2. The number of para-hydroxylation sites is 1. The summed E-state index contributed by atoms with van der Waals surface area (Å²) in [6.45, 7) is 0.642. The largest absolute Gasteiger partial charge is 0.382 e. The number of anilines is 1. The molecule has 3 rings (SSSR count). The first kappa shape index (κ1) is 11.3. The molecule has 0 fully saturated rings. The van der Waals surface area contributed by atoms with Crippen molar-refractivity contribution in [1.29, 1.82) is 5.26 Å².